The van der Waals surface area contributed by atoms with Gasteiger partial charge >= 0.3 is 0 Å². The Kier molecular flexibility index (Phi) is 11.3. The zero-order chi connectivity index (χ0) is 57.3. The molecule has 0 aliphatic heterocycles. The number of fused-ring (bicyclic) bond motifs is 20. The van der Waals surface area contributed by atoms with Crippen LogP contribution in [0.5, 0.6) is 0 Å². The van der Waals surface area contributed by atoms with Crippen LogP contribution in [0.1, 0.15) is 11.1 Å². The molecule has 19 aromatic rings. The fourth-order valence-corrected chi connectivity index (χ4v) is 15.3. The fraction of sp³-hybridized carbons (Fsp3) is 0.0130. The third-order valence-corrected chi connectivity index (χ3v) is 19.5. The maximum absolute atomic E-state index is 6.50. The molecule has 20 rings (SSSR count). The molecule has 0 saturated heterocycles. The van der Waals surface area contributed by atoms with Crippen LogP contribution in [0.4, 0.5) is 0 Å². The molecule has 0 spiro atoms. The van der Waals surface area contributed by atoms with Crippen molar-refractivity contribution in [2.75, 3.05) is 0 Å². The first-order chi connectivity index (χ1) is 43.0. The summed E-state index contributed by atoms with van der Waals surface area (Å²) in [6.07, 6.45) is 1.08. The molecule has 1 aliphatic carbocycles. The highest BCUT2D eigenvalue weighted by atomic mass is 35.5. The van der Waals surface area contributed by atoms with Crippen LogP contribution in [0.25, 0.3) is 168 Å². The van der Waals surface area contributed by atoms with Gasteiger partial charge in [-0.3, -0.25) is 4.57 Å². The van der Waals surface area contributed by atoms with Gasteiger partial charge in [-0.05, 0) is 123 Å². The van der Waals surface area contributed by atoms with E-state index in [4.69, 9.17) is 35.4 Å². The van der Waals surface area contributed by atoms with E-state index in [2.05, 4.69) is 210 Å². The number of halogens is 1. The van der Waals surface area contributed by atoms with Gasteiger partial charge in [0, 0.05) is 63.6 Å². The van der Waals surface area contributed by atoms with Gasteiger partial charge < -0.3 is 8.83 Å². The van der Waals surface area contributed by atoms with Crippen LogP contribution in [-0.2, 0) is 6.42 Å². The highest BCUT2D eigenvalue weighted by molar-refractivity contribution is 7.25. The second-order valence-electron chi connectivity index (χ2n) is 22.1. The van der Waals surface area contributed by atoms with Crippen molar-refractivity contribution in [3.63, 3.8) is 0 Å². The minimum atomic E-state index is 0.407. The summed E-state index contributed by atoms with van der Waals surface area (Å²) in [4.78, 5) is 22.1. The molecule has 0 fully saturated rings. The smallest absolute Gasteiger partial charge is 0.166 e. The summed E-state index contributed by atoms with van der Waals surface area (Å²) >= 11 is 9.80. The SMILES string of the molecule is Clc1nc2sc3ccccc3c2nc1-c1ccc2c(c1)oc1ccccc12.c1ccc2c(c1)Cc1cc3ccccc3cc1-2.c1ccc2cc3c(cc2c1)c1ccccc1n3-c1nc2sc3ccccc3c2nc1-c1ccc2c(c1)oc1ccccc12. The molecule has 0 amide bonds. The van der Waals surface area contributed by atoms with Crippen molar-refractivity contribution in [1.82, 2.24) is 24.5 Å². The van der Waals surface area contributed by atoms with Crippen LogP contribution in [0.3, 0.4) is 0 Å². The average molecular weight is 1170 g/mol. The molecule has 0 radical (unpaired) electrons. The lowest BCUT2D eigenvalue weighted by molar-refractivity contribution is 0.668. The summed E-state index contributed by atoms with van der Waals surface area (Å²) in [6.45, 7) is 0. The Morgan fingerprint density at radius 3 is 1.51 bits per heavy atom. The molecule has 0 atom stereocenters. The van der Waals surface area contributed by atoms with Crippen molar-refractivity contribution in [3.8, 4) is 39.5 Å². The number of hydrogen-bond donors (Lipinski definition) is 0. The maximum Gasteiger partial charge on any atom is 0.166 e. The topological polar surface area (TPSA) is 82.8 Å². The average Bonchev–Trinajstić information content (AvgIpc) is 1.96. The molecule has 12 aromatic carbocycles. The first kappa shape index (κ1) is 49.8. The van der Waals surface area contributed by atoms with E-state index in [0.29, 0.717) is 10.8 Å². The first-order valence-electron chi connectivity index (χ1n) is 28.9. The van der Waals surface area contributed by atoms with E-state index in [-0.39, 0.29) is 0 Å². The Morgan fingerprint density at radius 2 is 0.839 bits per heavy atom. The van der Waals surface area contributed by atoms with Crippen molar-refractivity contribution in [1.29, 1.82) is 0 Å². The zero-order valence-corrected chi connectivity index (χ0v) is 48.6. The molecule has 87 heavy (non-hydrogen) atoms. The molecule has 0 unspecified atom stereocenters. The van der Waals surface area contributed by atoms with E-state index < -0.39 is 0 Å². The van der Waals surface area contributed by atoms with Crippen LogP contribution >= 0.6 is 34.3 Å². The largest absolute Gasteiger partial charge is 0.456 e. The Morgan fingerprint density at radius 1 is 0.345 bits per heavy atom. The van der Waals surface area contributed by atoms with Crippen molar-refractivity contribution < 1.29 is 8.83 Å². The number of rotatable bonds is 3. The van der Waals surface area contributed by atoms with Gasteiger partial charge in [0.05, 0.1) is 11.0 Å². The third kappa shape index (κ3) is 8.15. The van der Waals surface area contributed by atoms with Crippen LogP contribution < -0.4 is 0 Å². The summed E-state index contributed by atoms with van der Waals surface area (Å²) in [6, 6.07) is 89.1. The van der Waals surface area contributed by atoms with E-state index in [1.54, 1.807) is 22.7 Å². The lowest BCUT2D eigenvalue weighted by Gasteiger charge is -2.13. The highest BCUT2D eigenvalue weighted by Gasteiger charge is 2.24. The fourth-order valence-electron chi connectivity index (χ4n) is 13.0. The summed E-state index contributed by atoms with van der Waals surface area (Å²) in [5.41, 5.74) is 16.6. The molecule has 10 heteroatoms. The lowest BCUT2D eigenvalue weighted by Crippen LogP contribution is -2.03. The van der Waals surface area contributed by atoms with E-state index in [1.807, 2.05) is 54.6 Å². The van der Waals surface area contributed by atoms with Gasteiger partial charge in [-0.2, -0.15) is 0 Å². The van der Waals surface area contributed by atoms with Gasteiger partial charge in [-0.1, -0.05) is 194 Å². The van der Waals surface area contributed by atoms with Crippen LogP contribution in [0, 0.1) is 0 Å². The molecule has 0 saturated carbocycles. The van der Waals surface area contributed by atoms with Gasteiger partial charge in [-0.15, -0.1) is 22.7 Å². The highest BCUT2D eigenvalue weighted by Crippen LogP contribution is 2.44. The number of hydrogen-bond acceptors (Lipinski definition) is 8. The molecule has 408 valence electrons. The Bertz CT molecular complexity index is 6050. The van der Waals surface area contributed by atoms with Crippen molar-refractivity contribution in [2.24, 2.45) is 0 Å². The Labute approximate surface area is 509 Å². The normalized spacial score (nSPS) is 12.1. The summed E-state index contributed by atoms with van der Waals surface area (Å²) in [7, 11) is 0. The van der Waals surface area contributed by atoms with Gasteiger partial charge in [0.25, 0.3) is 0 Å². The minimum absolute atomic E-state index is 0.407. The zero-order valence-electron chi connectivity index (χ0n) is 46.2. The van der Waals surface area contributed by atoms with E-state index in [9.17, 15) is 0 Å². The van der Waals surface area contributed by atoms with Gasteiger partial charge in [-0.25, -0.2) is 19.9 Å². The molecule has 7 aromatic heterocycles. The molecular weight excluding hydrogens is 1130 g/mol. The first-order valence-corrected chi connectivity index (χ1v) is 30.9. The van der Waals surface area contributed by atoms with Gasteiger partial charge in [0.2, 0.25) is 0 Å². The second kappa shape index (κ2) is 19.8. The van der Waals surface area contributed by atoms with Crippen LogP contribution in [0.2, 0.25) is 5.15 Å². The second-order valence-corrected chi connectivity index (χ2v) is 24.6. The van der Waals surface area contributed by atoms with Crippen molar-refractivity contribution in [2.45, 2.75) is 6.42 Å². The number of nitrogens with zero attached hydrogens (tertiary/aromatic N) is 5. The third-order valence-electron chi connectivity index (χ3n) is 17.1. The summed E-state index contributed by atoms with van der Waals surface area (Å²) in [5, 5.41) is 14.5. The summed E-state index contributed by atoms with van der Waals surface area (Å²) in [5.74, 6) is 0.816. The number of furan rings is 2. The Hall–Kier alpha value is -10.6. The predicted molar refractivity (Wildman–Crippen MR) is 364 cm³/mol. The standard InChI is InChI=1S/C38H21N3OS.C22H11ClN2OS.C17H12/c1-2-10-23-20-31-29(19-22(23)9-1)25-11-3-6-14-30(25)41(31)37-35(39-36-28-13-5-8-16-34(28)43-38(36)40-37)24-17-18-27-26-12-4-7-15-32(26)42-33(27)21-24;23-21-19(24-20-15-6-2-4-8-18(15)27-22(20)25-21)12-9-10-14-13-5-1-3-7-16(13)26-17(14)11-12;1-2-6-13-11-17-15(9-12(13)5-1)10-14-7-3-4-8-16(14)17/h1-21H;1-11H;1-9,11H,10H2. The lowest BCUT2D eigenvalue weighted by atomic mass is 10.0. The van der Waals surface area contributed by atoms with Gasteiger partial charge in [0.15, 0.2) is 11.0 Å². The number of para-hydroxylation sites is 3. The Balaban J connectivity index is 0.000000110. The minimum Gasteiger partial charge on any atom is -0.456 e. The van der Waals surface area contributed by atoms with Crippen molar-refractivity contribution in [3.05, 3.63) is 271 Å². The molecule has 7 nitrogen and oxygen atoms in total. The van der Waals surface area contributed by atoms with E-state index in [0.717, 1.165) is 120 Å². The number of thiophene rings is 2. The monoisotopic (exact) mass is 1170 g/mol. The molecule has 0 N–H and O–H groups in total. The van der Waals surface area contributed by atoms with E-state index in [1.165, 1.54) is 59.3 Å². The van der Waals surface area contributed by atoms with Gasteiger partial charge in [0.1, 0.15) is 54.4 Å². The molecule has 7 heterocycles. The summed E-state index contributed by atoms with van der Waals surface area (Å²) < 4.78 is 17.0. The number of aromatic nitrogens is 5. The van der Waals surface area contributed by atoms with Crippen LogP contribution in [0.15, 0.2) is 264 Å². The van der Waals surface area contributed by atoms with Crippen LogP contribution in [-0.4, -0.2) is 24.5 Å². The molecule has 1 aliphatic rings. The van der Waals surface area contributed by atoms with Crippen molar-refractivity contribution >= 4 is 162 Å². The maximum atomic E-state index is 6.50. The number of benzene rings is 12. The van der Waals surface area contributed by atoms with E-state index >= 15 is 0 Å². The molecular formula is C77H44ClN5O2S2. The quantitative estimate of drug-likeness (QED) is 0.175. The molecule has 0 bridgehead atoms. The predicted octanol–water partition coefficient (Wildman–Crippen LogP) is 22.1.